The number of carboxylic acid groups (broad SMARTS) is 1. The first-order chi connectivity index (χ1) is 15.2. The van der Waals surface area contributed by atoms with E-state index in [1.165, 1.54) is 6.07 Å². The quantitative estimate of drug-likeness (QED) is 0.403. The van der Waals surface area contributed by atoms with Gasteiger partial charge in [-0.2, -0.15) is 0 Å². The second-order valence-corrected chi connectivity index (χ2v) is 7.73. The lowest BCUT2D eigenvalue weighted by molar-refractivity contribution is 0.0696. The summed E-state index contributed by atoms with van der Waals surface area (Å²) in [6.45, 7) is 9.86. The van der Waals surface area contributed by atoms with Crippen molar-refractivity contribution in [2.24, 2.45) is 0 Å². The van der Waals surface area contributed by atoms with Crippen LogP contribution in [0.5, 0.6) is 11.5 Å². The maximum absolute atomic E-state index is 14.2. The fraction of sp³-hybridized carbons (Fsp3) is 0.192. The number of benzene rings is 3. The number of hydrogen-bond donors (Lipinski definition) is 3. The van der Waals surface area contributed by atoms with E-state index in [4.69, 9.17) is 4.74 Å². The van der Waals surface area contributed by atoms with Gasteiger partial charge < -0.3 is 20.5 Å². The molecule has 0 aliphatic rings. The topological polar surface area (TPSA) is 70.6 Å². The smallest absolute Gasteiger partial charge is 0.335 e. The van der Waals surface area contributed by atoms with Crippen LogP contribution in [0.15, 0.2) is 55.1 Å². The van der Waals surface area contributed by atoms with Crippen LogP contribution in [0.1, 0.15) is 38.2 Å². The summed E-state index contributed by atoms with van der Waals surface area (Å²) in [5.74, 6) is -0.0331. The van der Waals surface area contributed by atoms with Gasteiger partial charge in [-0.1, -0.05) is 18.7 Å². The number of aromatic carboxylic acids is 1. The van der Waals surface area contributed by atoms with E-state index in [1.54, 1.807) is 25.2 Å². The van der Waals surface area contributed by atoms with Crippen molar-refractivity contribution in [3.63, 3.8) is 0 Å². The molecule has 0 heterocycles. The zero-order valence-electron chi connectivity index (χ0n) is 18.7. The molecule has 0 unspecified atom stereocenters. The van der Waals surface area contributed by atoms with Crippen molar-refractivity contribution in [1.82, 2.24) is 5.32 Å². The Hall–Kier alpha value is -3.80. The Morgan fingerprint density at radius 1 is 1.06 bits per heavy atom. The van der Waals surface area contributed by atoms with Gasteiger partial charge in [-0.3, -0.25) is 0 Å². The van der Waals surface area contributed by atoms with E-state index >= 15 is 0 Å². The number of carbonyl (C=O) groups is 1. The molecule has 0 atom stereocenters. The normalized spacial score (nSPS) is 10.5. The Morgan fingerprint density at radius 3 is 2.34 bits per heavy atom. The van der Waals surface area contributed by atoms with Gasteiger partial charge in [-0.25, -0.2) is 9.18 Å². The summed E-state index contributed by atoms with van der Waals surface area (Å²) in [6, 6.07) is 13.9. The van der Waals surface area contributed by atoms with E-state index in [0.717, 1.165) is 27.9 Å². The molecule has 3 aromatic rings. The SMILES string of the molecule is C=C(NC)c1cc(Oc2c(C)cc(C(=O)O)cc2C)ccc1NCc1ccc(C)cc1F. The average molecular weight is 435 g/mol. The van der Waals surface area contributed by atoms with Crippen LogP contribution >= 0.6 is 0 Å². The second-order valence-electron chi connectivity index (χ2n) is 7.73. The highest BCUT2D eigenvalue weighted by Gasteiger charge is 2.14. The predicted molar refractivity (Wildman–Crippen MR) is 126 cm³/mol. The van der Waals surface area contributed by atoms with Crippen molar-refractivity contribution in [3.8, 4) is 11.5 Å². The van der Waals surface area contributed by atoms with Crippen molar-refractivity contribution in [2.45, 2.75) is 27.3 Å². The Kier molecular flexibility index (Phi) is 6.83. The van der Waals surface area contributed by atoms with E-state index in [9.17, 15) is 14.3 Å². The summed E-state index contributed by atoms with van der Waals surface area (Å²) in [5, 5.41) is 15.6. The van der Waals surface area contributed by atoms with E-state index < -0.39 is 5.97 Å². The maximum atomic E-state index is 14.2. The lowest BCUT2D eigenvalue weighted by Crippen LogP contribution is -2.09. The number of ether oxygens (including phenoxy) is 1. The number of anilines is 1. The third-order valence-electron chi connectivity index (χ3n) is 5.22. The second kappa shape index (κ2) is 9.56. The Morgan fingerprint density at radius 2 is 1.75 bits per heavy atom. The van der Waals surface area contributed by atoms with Crippen LogP contribution in [0.4, 0.5) is 10.1 Å². The summed E-state index contributed by atoms with van der Waals surface area (Å²) >= 11 is 0. The van der Waals surface area contributed by atoms with Gasteiger partial charge in [0, 0.05) is 36.1 Å². The molecule has 0 amide bonds. The predicted octanol–water partition coefficient (Wildman–Crippen LogP) is 6.04. The standard InChI is InChI=1S/C26H27FN2O3/c1-15-6-7-19(23(27)10-15)14-29-24-9-8-21(13-22(24)18(4)28-5)32-25-16(2)11-20(26(30)31)12-17(25)3/h6-13,28-29H,4,14H2,1-3,5H3,(H,30,31). The van der Waals surface area contributed by atoms with Gasteiger partial charge in [-0.05, 0) is 73.9 Å². The molecule has 3 rings (SSSR count). The molecule has 0 aliphatic carbocycles. The highest BCUT2D eigenvalue weighted by molar-refractivity contribution is 5.88. The van der Waals surface area contributed by atoms with Gasteiger partial charge in [0.05, 0.1) is 5.56 Å². The Labute approximate surface area is 187 Å². The van der Waals surface area contributed by atoms with Crippen LogP contribution in [-0.2, 0) is 6.54 Å². The minimum absolute atomic E-state index is 0.222. The fourth-order valence-corrected chi connectivity index (χ4v) is 3.46. The summed E-state index contributed by atoms with van der Waals surface area (Å²) in [4.78, 5) is 11.3. The van der Waals surface area contributed by atoms with Crippen molar-refractivity contribution in [1.29, 1.82) is 0 Å². The van der Waals surface area contributed by atoms with E-state index in [0.29, 0.717) is 29.3 Å². The van der Waals surface area contributed by atoms with Gasteiger partial charge in [0.15, 0.2) is 0 Å². The van der Waals surface area contributed by atoms with E-state index in [2.05, 4.69) is 17.2 Å². The molecule has 5 nitrogen and oxygen atoms in total. The van der Waals surface area contributed by atoms with Crippen LogP contribution in [0.2, 0.25) is 0 Å². The molecule has 0 radical (unpaired) electrons. The van der Waals surface area contributed by atoms with Crippen molar-refractivity contribution < 1.29 is 19.0 Å². The molecule has 0 spiro atoms. The molecular formula is C26H27FN2O3. The minimum Gasteiger partial charge on any atom is -0.478 e. The first kappa shape index (κ1) is 22.9. The fourth-order valence-electron chi connectivity index (χ4n) is 3.46. The van der Waals surface area contributed by atoms with Gasteiger partial charge >= 0.3 is 5.97 Å². The Bertz CT molecular complexity index is 1160. The summed E-state index contributed by atoms with van der Waals surface area (Å²) in [6.07, 6.45) is 0. The largest absolute Gasteiger partial charge is 0.478 e. The third-order valence-corrected chi connectivity index (χ3v) is 5.22. The molecule has 32 heavy (non-hydrogen) atoms. The first-order valence-electron chi connectivity index (χ1n) is 10.2. The van der Waals surface area contributed by atoms with Gasteiger partial charge in [0.25, 0.3) is 0 Å². The molecular weight excluding hydrogens is 407 g/mol. The van der Waals surface area contributed by atoms with Gasteiger partial charge in [0.2, 0.25) is 0 Å². The van der Waals surface area contributed by atoms with E-state index in [-0.39, 0.29) is 11.4 Å². The first-order valence-corrected chi connectivity index (χ1v) is 10.2. The minimum atomic E-state index is -0.976. The highest BCUT2D eigenvalue weighted by atomic mass is 19.1. The molecule has 0 saturated heterocycles. The van der Waals surface area contributed by atoms with Crippen molar-refractivity contribution >= 4 is 17.4 Å². The molecule has 0 fully saturated rings. The average Bonchev–Trinajstić information content (AvgIpc) is 2.75. The highest BCUT2D eigenvalue weighted by Crippen LogP contribution is 2.33. The Balaban J connectivity index is 1.88. The van der Waals surface area contributed by atoms with E-state index in [1.807, 2.05) is 45.0 Å². The van der Waals surface area contributed by atoms with Crippen LogP contribution < -0.4 is 15.4 Å². The number of carboxylic acids is 1. The van der Waals surface area contributed by atoms with Crippen molar-refractivity contribution in [3.05, 3.63) is 94.3 Å². The summed E-state index contributed by atoms with van der Waals surface area (Å²) in [7, 11) is 1.78. The van der Waals surface area contributed by atoms with Gasteiger partial charge in [-0.15, -0.1) is 0 Å². The van der Waals surface area contributed by atoms with Crippen LogP contribution in [0, 0.1) is 26.6 Å². The summed E-state index contributed by atoms with van der Waals surface area (Å²) in [5.41, 5.74) is 5.38. The molecule has 0 bridgehead atoms. The number of hydrogen-bond acceptors (Lipinski definition) is 4. The lowest BCUT2D eigenvalue weighted by Gasteiger charge is -2.18. The molecule has 3 aromatic carbocycles. The number of rotatable bonds is 8. The molecule has 3 N–H and O–H groups in total. The number of nitrogens with one attached hydrogen (secondary N) is 2. The molecule has 6 heteroatoms. The molecule has 166 valence electrons. The van der Waals surface area contributed by atoms with Crippen molar-refractivity contribution in [2.75, 3.05) is 12.4 Å². The van der Waals surface area contributed by atoms with Gasteiger partial charge in [0.1, 0.15) is 17.3 Å². The van der Waals surface area contributed by atoms with Crippen LogP contribution in [0.25, 0.3) is 5.70 Å². The third kappa shape index (κ3) is 5.09. The maximum Gasteiger partial charge on any atom is 0.335 e. The number of aryl methyl sites for hydroxylation is 3. The monoisotopic (exact) mass is 434 g/mol. The molecule has 0 aliphatic heterocycles. The molecule has 0 saturated carbocycles. The molecule has 0 aromatic heterocycles. The lowest BCUT2D eigenvalue weighted by atomic mass is 10.1. The zero-order chi connectivity index (χ0) is 23.4. The summed E-state index contributed by atoms with van der Waals surface area (Å²) < 4.78 is 20.3. The number of halogens is 1. The zero-order valence-corrected chi connectivity index (χ0v) is 18.7. The van der Waals surface area contributed by atoms with Crippen LogP contribution in [-0.4, -0.2) is 18.1 Å². The van der Waals surface area contributed by atoms with Crippen LogP contribution in [0.3, 0.4) is 0 Å².